The van der Waals surface area contributed by atoms with Crippen LogP contribution in [0.15, 0.2) is 192 Å². The lowest BCUT2D eigenvalue weighted by atomic mass is 9.80. The van der Waals surface area contributed by atoms with Crippen molar-refractivity contribution in [2.45, 2.75) is 50.9 Å². The Morgan fingerprint density at radius 1 is 0.483 bits per heavy atom. The molecule has 0 saturated heterocycles. The lowest BCUT2D eigenvalue weighted by Gasteiger charge is -2.31. The monoisotopic (exact) mass is 773 g/mol. The maximum absolute atomic E-state index is 6.43. The van der Waals surface area contributed by atoms with E-state index in [0.717, 1.165) is 52.4 Å². The molecule has 8 aromatic carbocycles. The van der Waals surface area contributed by atoms with E-state index in [2.05, 4.69) is 199 Å². The molecule has 2 aliphatic rings. The molecule has 1 saturated carbocycles. The van der Waals surface area contributed by atoms with E-state index in [1.165, 1.54) is 92.8 Å². The van der Waals surface area contributed by atoms with Crippen LogP contribution in [0.4, 0.5) is 17.1 Å². The van der Waals surface area contributed by atoms with Gasteiger partial charge in [-0.2, -0.15) is 0 Å². The summed E-state index contributed by atoms with van der Waals surface area (Å²) >= 11 is 0. The van der Waals surface area contributed by atoms with Crippen molar-refractivity contribution in [2.75, 3.05) is 4.90 Å². The number of benzene rings is 8. The van der Waals surface area contributed by atoms with Gasteiger partial charge in [0.1, 0.15) is 11.3 Å². The molecule has 11 rings (SSSR count). The molecule has 0 aliphatic heterocycles. The summed E-state index contributed by atoms with van der Waals surface area (Å²) in [5.74, 6) is 1.58. The number of allylic oxidation sites excluding steroid dienone is 1. The highest BCUT2D eigenvalue weighted by atomic mass is 16.3. The molecule has 2 heteroatoms. The summed E-state index contributed by atoms with van der Waals surface area (Å²) in [7, 11) is 0. The second kappa shape index (κ2) is 15.7. The van der Waals surface area contributed by atoms with Gasteiger partial charge in [0, 0.05) is 27.8 Å². The number of nitrogens with zero attached hydrogens (tertiary/aromatic N) is 1. The molecule has 0 bridgehead atoms. The third-order valence-electron chi connectivity index (χ3n) is 13.0. The fourth-order valence-corrected chi connectivity index (χ4v) is 10.0. The van der Waals surface area contributed by atoms with E-state index in [4.69, 9.17) is 4.42 Å². The van der Waals surface area contributed by atoms with E-state index in [1.54, 1.807) is 0 Å². The van der Waals surface area contributed by atoms with Crippen molar-refractivity contribution in [1.82, 2.24) is 0 Å². The summed E-state index contributed by atoms with van der Waals surface area (Å²) in [4.78, 5) is 2.50. The van der Waals surface area contributed by atoms with Crippen LogP contribution in [0.5, 0.6) is 0 Å². The zero-order valence-corrected chi connectivity index (χ0v) is 33.9. The van der Waals surface area contributed by atoms with E-state index >= 15 is 0 Å². The molecule has 2 nitrogen and oxygen atoms in total. The first-order valence-corrected chi connectivity index (χ1v) is 21.8. The Hall–Kier alpha value is -6.90. The summed E-state index contributed by atoms with van der Waals surface area (Å²) in [6, 6.07) is 67.3. The highest BCUT2D eigenvalue weighted by Crippen LogP contribution is 2.48. The van der Waals surface area contributed by atoms with Crippen LogP contribution in [-0.2, 0) is 6.42 Å². The maximum Gasteiger partial charge on any atom is 0.135 e. The molecule has 1 fully saturated rings. The van der Waals surface area contributed by atoms with Gasteiger partial charge in [-0.25, -0.2) is 0 Å². The van der Waals surface area contributed by atoms with Crippen LogP contribution in [-0.4, -0.2) is 0 Å². The van der Waals surface area contributed by atoms with Gasteiger partial charge in [0.15, 0.2) is 0 Å². The van der Waals surface area contributed by atoms with Gasteiger partial charge in [-0.1, -0.05) is 177 Å². The van der Waals surface area contributed by atoms with Crippen molar-refractivity contribution in [1.29, 1.82) is 0 Å². The van der Waals surface area contributed by atoms with Crippen molar-refractivity contribution in [2.24, 2.45) is 0 Å². The predicted octanol–water partition coefficient (Wildman–Crippen LogP) is 16.7. The number of aryl methyl sites for hydroxylation is 1. The summed E-state index contributed by atoms with van der Waals surface area (Å²) in [5, 5.41) is 3.92. The molecule has 0 spiro atoms. The molecule has 0 atom stereocenters. The van der Waals surface area contributed by atoms with Crippen LogP contribution in [0.2, 0.25) is 0 Å². The number of anilines is 3. The number of rotatable bonds is 8. The lowest BCUT2D eigenvalue weighted by Crippen LogP contribution is -2.13. The first-order chi connectivity index (χ1) is 29.8. The van der Waals surface area contributed by atoms with Crippen LogP contribution in [0.25, 0.3) is 72.3 Å². The van der Waals surface area contributed by atoms with Crippen molar-refractivity contribution in [3.8, 4) is 44.5 Å². The molecule has 290 valence electrons. The van der Waals surface area contributed by atoms with Crippen molar-refractivity contribution in [3.05, 3.63) is 205 Å². The van der Waals surface area contributed by atoms with Crippen LogP contribution < -0.4 is 4.90 Å². The van der Waals surface area contributed by atoms with E-state index in [0.29, 0.717) is 5.92 Å². The van der Waals surface area contributed by atoms with Gasteiger partial charge in [-0.15, -0.1) is 0 Å². The van der Waals surface area contributed by atoms with E-state index < -0.39 is 0 Å². The topological polar surface area (TPSA) is 16.4 Å². The maximum atomic E-state index is 6.43. The molecule has 1 aromatic heterocycles. The summed E-state index contributed by atoms with van der Waals surface area (Å²) in [6.07, 6.45) is 12.9. The van der Waals surface area contributed by atoms with Crippen LogP contribution in [0.1, 0.15) is 61.3 Å². The minimum absolute atomic E-state index is 0.580. The summed E-state index contributed by atoms with van der Waals surface area (Å²) < 4.78 is 6.43. The van der Waals surface area contributed by atoms with E-state index in [9.17, 15) is 0 Å². The van der Waals surface area contributed by atoms with Crippen molar-refractivity contribution >= 4 is 44.9 Å². The summed E-state index contributed by atoms with van der Waals surface area (Å²) in [6.45, 7) is 0. The Kier molecular flexibility index (Phi) is 9.47. The zero-order chi connectivity index (χ0) is 39.8. The Morgan fingerprint density at radius 2 is 1.12 bits per heavy atom. The first-order valence-electron chi connectivity index (χ1n) is 21.8. The molecular weight excluding hydrogens is 727 g/mol. The smallest absolute Gasteiger partial charge is 0.135 e. The van der Waals surface area contributed by atoms with Crippen LogP contribution in [0.3, 0.4) is 0 Å². The van der Waals surface area contributed by atoms with Gasteiger partial charge in [0.2, 0.25) is 0 Å². The molecule has 0 unspecified atom stereocenters. The molecule has 1 heterocycles. The van der Waals surface area contributed by atoms with Gasteiger partial charge >= 0.3 is 0 Å². The third-order valence-corrected chi connectivity index (χ3v) is 13.0. The SMILES string of the molecule is C1=Cc2oc3cc(-c4cccc(N(c5ccccc5-c5ccc(-c6ccccc6)cc5)c5ccccc5-c5cccc6cccc(C7CCCCC7)c56)c4)ccc3c2CC1. The number of fused-ring (bicyclic) bond motifs is 4. The van der Waals surface area contributed by atoms with Crippen LogP contribution >= 0.6 is 0 Å². The number of para-hydroxylation sites is 2. The minimum Gasteiger partial charge on any atom is -0.456 e. The van der Waals surface area contributed by atoms with Crippen molar-refractivity contribution in [3.63, 3.8) is 0 Å². The minimum atomic E-state index is 0.580. The van der Waals surface area contributed by atoms with Gasteiger partial charge in [-0.05, 0) is 118 Å². The second-order valence-corrected chi connectivity index (χ2v) is 16.5. The molecule has 0 amide bonds. The highest BCUT2D eigenvalue weighted by molar-refractivity contribution is 6.04. The molecule has 60 heavy (non-hydrogen) atoms. The van der Waals surface area contributed by atoms with Gasteiger partial charge in [0.25, 0.3) is 0 Å². The number of hydrogen-bond donors (Lipinski definition) is 0. The molecule has 0 radical (unpaired) electrons. The predicted molar refractivity (Wildman–Crippen MR) is 253 cm³/mol. The molecule has 2 aliphatic carbocycles. The number of hydrogen-bond acceptors (Lipinski definition) is 2. The Bertz CT molecular complexity index is 3010. The Morgan fingerprint density at radius 3 is 1.95 bits per heavy atom. The fraction of sp³-hybridized carbons (Fsp3) is 0.138. The van der Waals surface area contributed by atoms with Gasteiger partial charge in [-0.3, -0.25) is 0 Å². The third kappa shape index (κ3) is 6.63. The zero-order valence-electron chi connectivity index (χ0n) is 33.9. The van der Waals surface area contributed by atoms with Crippen LogP contribution in [0, 0.1) is 0 Å². The van der Waals surface area contributed by atoms with Gasteiger partial charge < -0.3 is 9.32 Å². The standard InChI is InChI=1S/C58H47NO/c1-3-16-40(17-4-1)41-32-34-43(35-33-41)48-24-7-10-29-54(48)59(47-23-13-22-45(38-47)46-36-37-52-51-26-9-12-31-56(51)60-57(52)39-46)55-30-11-8-25-50(55)53-28-15-21-44-20-14-27-49(58(44)53)42-18-5-2-6-19-42/h1,3-4,7-8,10-17,20-25,27-39,42H,2,5-6,9,18-19,26H2. The average Bonchev–Trinajstić information content (AvgIpc) is 3.70. The molecule has 0 N–H and O–H groups in total. The quantitative estimate of drug-likeness (QED) is 0.153. The molecule has 9 aromatic rings. The summed E-state index contributed by atoms with van der Waals surface area (Å²) in [5.41, 5.74) is 16.7. The lowest BCUT2D eigenvalue weighted by molar-refractivity contribution is 0.445. The Labute approximate surface area is 353 Å². The Balaban J connectivity index is 1.10. The first kappa shape index (κ1) is 36.2. The fourth-order valence-electron chi connectivity index (χ4n) is 10.0. The second-order valence-electron chi connectivity index (χ2n) is 16.5. The molecular formula is C58H47NO. The van der Waals surface area contributed by atoms with Crippen molar-refractivity contribution < 1.29 is 4.42 Å². The van der Waals surface area contributed by atoms with Gasteiger partial charge in [0.05, 0.1) is 11.4 Å². The highest BCUT2D eigenvalue weighted by Gasteiger charge is 2.24. The average molecular weight is 774 g/mol. The number of furan rings is 1. The van der Waals surface area contributed by atoms with E-state index in [-0.39, 0.29) is 0 Å². The normalized spacial score (nSPS) is 14.1. The largest absolute Gasteiger partial charge is 0.456 e. The van der Waals surface area contributed by atoms with E-state index in [1.807, 2.05) is 0 Å².